The molecule has 180 valence electrons. The van der Waals surface area contributed by atoms with Crippen LogP contribution in [0.4, 0.5) is 0 Å². The first kappa shape index (κ1) is 24.6. The molecule has 0 unspecified atom stereocenters. The van der Waals surface area contributed by atoms with Crippen LogP contribution in [0.3, 0.4) is 0 Å². The maximum Gasteiger partial charge on any atom is 0.251 e. The number of rotatable bonds is 5. The SMILES string of the molecule is CC1(C)CC(NC(=O)c2ccc(Oc3cccc(-c4cnccn4)c3C#N)c(Cl)c2)CC(C)(C)N1. The predicted octanol–water partition coefficient (Wildman–Crippen LogP) is 5.50. The highest BCUT2D eigenvalue weighted by molar-refractivity contribution is 6.32. The standard InChI is InChI=1S/C27H28ClN5O2/c1-26(2)13-18(14-27(3,4)33-26)32-25(34)17-8-9-24(21(28)12-17)35-23-7-5-6-19(20(23)15-29)22-16-30-10-11-31-22/h5-12,16,18,33H,13-14H2,1-4H3,(H,32,34). The van der Waals surface area contributed by atoms with Gasteiger partial charge in [0.25, 0.3) is 5.91 Å². The van der Waals surface area contributed by atoms with Gasteiger partial charge in [-0.1, -0.05) is 23.7 Å². The topological polar surface area (TPSA) is 99.9 Å². The van der Waals surface area contributed by atoms with Crippen molar-refractivity contribution >= 4 is 17.5 Å². The van der Waals surface area contributed by atoms with E-state index in [0.29, 0.717) is 33.9 Å². The van der Waals surface area contributed by atoms with Gasteiger partial charge in [-0.05, 0) is 64.8 Å². The number of nitrogens with zero attached hydrogens (tertiary/aromatic N) is 3. The summed E-state index contributed by atoms with van der Waals surface area (Å²) in [4.78, 5) is 21.3. The van der Waals surface area contributed by atoms with Crippen molar-refractivity contribution in [1.29, 1.82) is 5.26 Å². The first-order chi connectivity index (χ1) is 16.6. The molecule has 0 atom stereocenters. The summed E-state index contributed by atoms with van der Waals surface area (Å²) in [5.74, 6) is 0.508. The molecular weight excluding hydrogens is 462 g/mol. The first-order valence-corrected chi connectivity index (χ1v) is 11.8. The fraction of sp³-hybridized carbons (Fsp3) is 0.333. The second-order valence-electron chi connectivity index (χ2n) is 10.1. The summed E-state index contributed by atoms with van der Waals surface area (Å²) in [6.45, 7) is 8.58. The van der Waals surface area contributed by atoms with E-state index < -0.39 is 0 Å². The Hall–Kier alpha value is -3.47. The van der Waals surface area contributed by atoms with Crippen molar-refractivity contribution in [2.24, 2.45) is 0 Å². The first-order valence-electron chi connectivity index (χ1n) is 11.4. The van der Waals surface area contributed by atoms with Gasteiger partial charge >= 0.3 is 0 Å². The van der Waals surface area contributed by atoms with Gasteiger partial charge in [0.05, 0.1) is 16.9 Å². The molecule has 7 nitrogen and oxygen atoms in total. The number of aromatic nitrogens is 2. The Morgan fingerprint density at radius 1 is 1.14 bits per heavy atom. The van der Waals surface area contributed by atoms with E-state index in [-0.39, 0.29) is 28.0 Å². The Morgan fingerprint density at radius 2 is 1.89 bits per heavy atom. The molecule has 0 radical (unpaired) electrons. The van der Waals surface area contributed by atoms with Crippen LogP contribution in [0, 0.1) is 11.3 Å². The number of amides is 1. The molecule has 3 aromatic rings. The summed E-state index contributed by atoms with van der Waals surface area (Å²) >= 11 is 6.49. The molecule has 2 N–H and O–H groups in total. The lowest BCUT2D eigenvalue weighted by molar-refractivity contribution is 0.0873. The summed E-state index contributed by atoms with van der Waals surface area (Å²) in [5.41, 5.74) is 1.79. The van der Waals surface area contributed by atoms with Crippen molar-refractivity contribution in [1.82, 2.24) is 20.6 Å². The van der Waals surface area contributed by atoms with Crippen LogP contribution in [-0.4, -0.2) is 33.0 Å². The number of halogens is 1. The predicted molar refractivity (Wildman–Crippen MR) is 135 cm³/mol. The molecule has 35 heavy (non-hydrogen) atoms. The van der Waals surface area contributed by atoms with E-state index in [1.54, 1.807) is 55.0 Å². The van der Waals surface area contributed by atoms with Crippen LogP contribution < -0.4 is 15.4 Å². The van der Waals surface area contributed by atoms with E-state index in [4.69, 9.17) is 16.3 Å². The molecule has 0 saturated carbocycles. The molecule has 1 aromatic heterocycles. The zero-order valence-corrected chi connectivity index (χ0v) is 21.0. The number of hydrogen-bond donors (Lipinski definition) is 2. The highest BCUT2D eigenvalue weighted by atomic mass is 35.5. The normalized spacial score (nSPS) is 16.8. The maximum absolute atomic E-state index is 13.0. The Bertz CT molecular complexity index is 1270. The molecule has 4 rings (SSSR count). The minimum atomic E-state index is -0.181. The minimum Gasteiger partial charge on any atom is -0.454 e. The molecule has 0 spiro atoms. The van der Waals surface area contributed by atoms with E-state index in [2.05, 4.69) is 54.4 Å². The van der Waals surface area contributed by atoms with E-state index in [1.165, 1.54) is 0 Å². The van der Waals surface area contributed by atoms with Gasteiger partial charge in [-0.2, -0.15) is 5.26 Å². The molecule has 1 aliphatic rings. The van der Waals surface area contributed by atoms with E-state index in [0.717, 1.165) is 12.8 Å². The lowest BCUT2D eigenvalue weighted by Gasteiger charge is -2.46. The van der Waals surface area contributed by atoms with Crippen LogP contribution in [0.25, 0.3) is 11.3 Å². The Morgan fingerprint density at radius 3 is 2.51 bits per heavy atom. The molecule has 8 heteroatoms. The number of nitrogens with one attached hydrogen (secondary N) is 2. The molecule has 1 fully saturated rings. The third-order valence-corrected chi connectivity index (χ3v) is 6.21. The molecule has 1 amide bonds. The van der Waals surface area contributed by atoms with Crippen molar-refractivity contribution < 1.29 is 9.53 Å². The van der Waals surface area contributed by atoms with Crippen molar-refractivity contribution in [3.05, 3.63) is 71.1 Å². The van der Waals surface area contributed by atoms with Gasteiger partial charge in [0.15, 0.2) is 0 Å². The largest absolute Gasteiger partial charge is 0.454 e. The van der Waals surface area contributed by atoms with E-state index in [9.17, 15) is 10.1 Å². The molecule has 1 saturated heterocycles. The number of piperidine rings is 1. The lowest BCUT2D eigenvalue weighted by Crippen LogP contribution is -2.62. The van der Waals surface area contributed by atoms with Crippen LogP contribution in [0.5, 0.6) is 11.5 Å². The molecule has 0 aliphatic carbocycles. The van der Waals surface area contributed by atoms with Crippen molar-refractivity contribution in [2.45, 2.75) is 57.7 Å². The fourth-order valence-electron chi connectivity index (χ4n) is 4.92. The summed E-state index contributed by atoms with van der Waals surface area (Å²) < 4.78 is 5.99. The van der Waals surface area contributed by atoms with Crippen molar-refractivity contribution in [3.8, 4) is 28.8 Å². The van der Waals surface area contributed by atoms with Gasteiger partial charge in [0, 0.05) is 40.6 Å². The summed E-state index contributed by atoms with van der Waals surface area (Å²) in [5, 5.41) is 16.8. The molecule has 2 aromatic carbocycles. The quantitative estimate of drug-likeness (QED) is 0.490. The van der Waals surface area contributed by atoms with Crippen LogP contribution in [0.2, 0.25) is 5.02 Å². The minimum absolute atomic E-state index is 0.0467. The molecule has 1 aliphatic heterocycles. The highest BCUT2D eigenvalue weighted by Gasteiger charge is 2.38. The summed E-state index contributed by atoms with van der Waals surface area (Å²) in [7, 11) is 0. The molecule has 2 heterocycles. The second kappa shape index (κ2) is 9.65. The van der Waals surface area contributed by atoms with Gasteiger partial charge in [0.2, 0.25) is 0 Å². The van der Waals surface area contributed by atoms with Gasteiger partial charge < -0.3 is 15.4 Å². The Labute approximate surface area is 210 Å². The number of carbonyl (C=O) groups is 1. The van der Waals surface area contributed by atoms with Crippen LogP contribution in [-0.2, 0) is 0 Å². The van der Waals surface area contributed by atoms with Crippen LogP contribution >= 0.6 is 11.6 Å². The number of carbonyl (C=O) groups excluding carboxylic acids is 1. The Kier molecular flexibility index (Phi) is 6.79. The maximum atomic E-state index is 13.0. The summed E-state index contributed by atoms with van der Waals surface area (Å²) in [6.07, 6.45) is 6.38. The number of nitriles is 1. The van der Waals surface area contributed by atoms with E-state index in [1.807, 2.05) is 0 Å². The zero-order chi connectivity index (χ0) is 25.2. The van der Waals surface area contributed by atoms with E-state index >= 15 is 0 Å². The number of benzene rings is 2. The summed E-state index contributed by atoms with van der Waals surface area (Å²) in [6, 6.07) is 12.4. The molecule has 0 bridgehead atoms. The zero-order valence-electron chi connectivity index (χ0n) is 20.2. The smallest absolute Gasteiger partial charge is 0.251 e. The van der Waals surface area contributed by atoms with Gasteiger partial charge in [-0.15, -0.1) is 0 Å². The number of ether oxygens (including phenoxy) is 1. The highest BCUT2D eigenvalue weighted by Crippen LogP contribution is 2.35. The third-order valence-electron chi connectivity index (χ3n) is 5.92. The average Bonchev–Trinajstić information content (AvgIpc) is 2.78. The van der Waals surface area contributed by atoms with Gasteiger partial charge in [-0.25, -0.2) is 0 Å². The Balaban J connectivity index is 1.53. The second-order valence-corrected chi connectivity index (χ2v) is 10.5. The number of hydrogen-bond acceptors (Lipinski definition) is 6. The monoisotopic (exact) mass is 489 g/mol. The van der Waals surface area contributed by atoms with Gasteiger partial charge in [0.1, 0.15) is 23.1 Å². The van der Waals surface area contributed by atoms with Crippen LogP contribution in [0.15, 0.2) is 55.0 Å². The fourth-order valence-corrected chi connectivity index (χ4v) is 5.14. The van der Waals surface area contributed by atoms with Crippen molar-refractivity contribution in [2.75, 3.05) is 0 Å². The van der Waals surface area contributed by atoms with Crippen LogP contribution in [0.1, 0.15) is 56.5 Å². The average molecular weight is 490 g/mol. The van der Waals surface area contributed by atoms with Crippen molar-refractivity contribution in [3.63, 3.8) is 0 Å². The van der Waals surface area contributed by atoms with Gasteiger partial charge in [-0.3, -0.25) is 14.8 Å². The third kappa shape index (κ3) is 5.79. The lowest BCUT2D eigenvalue weighted by atomic mass is 9.79. The molecular formula is C27H28ClN5O2.